The molecular weight excluding hydrogens is 216 g/mol. The fourth-order valence-electron chi connectivity index (χ4n) is 1.41. The van der Waals surface area contributed by atoms with Gasteiger partial charge in [-0.2, -0.15) is 0 Å². The minimum atomic E-state index is -1.14. The van der Waals surface area contributed by atoms with E-state index in [2.05, 4.69) is 10.3 Å². The van der Waals surface area contributed by atoms with Crippen LogP contribution in [0.15, 0.2) is 0 Å². The highest BCUT2D eigenvalue weighted by Gasteiger charge is 2.29. The maximum absolute atomic E-state index is 11.5. The number of rotatable bonds is 3. The van der Waals surface area contributed by atoms with Crippen molar-refractivity contribution in [2.24, 2.45) is 0 Å². The standard InChI is InChI=1S/C9H16N2O5/c1-9(2)6-11(3-4-15-9)8(14)10-16-5-7(12)13/h3-6H2,1-2H3,(H,10,14)(H,12,13). The summed E-state index contributed by atoms with van der Waals surface area (Å²) in [5.74, 6) is -1.14. The molecule has 0 aromatic carbocycles. The highest BCUT2D eigenvalue weighted by Crippen LogP contribution is 2.16. The SMILES string of the molecule is CC1(C)CN(C(=O)NOCC(=O)O)CCO1. The summed E-state index contributed by atoms with van der Waals surface area (Å²) in [5, 5.41) is 8.31. The lowest BCUT2D eigenvalue weighted by Gasteiger charge is -2.37. The maximum Gasteiger partial charge on any atom is 0.341 e. The van der Waals surface area contributed by atoms with E-state index in [4.69, 9.17) is 9.84 Å². The quantitative estimate of drug-likeness (QED) is 0.659. The Morgan fingerprint density at radius 2 is 2.25 bits per heavy atom. The van der Waals surface area contributed by atoms with Gasteiger partial charge in [-0.05, 0) is 13.8 Å². The fraction of sp³-hybridized carbons (Fsp3) is 0.778. The van der Waals surface area contributed by atoms with E-state index in [9.17, 15) is 9.59 Å². The first-order valence-corrected chi connectivity index (χ1v) is 4.93. The molecule has 92 valence electrons. The van der Waals surface area contributed by atoms with Crippen LogP contribution in [0.25, 0.3) is 0 Å². The van der Waals surface area contributed by atoms with E-state index in [1.54, 1.807) is 0 Å². The second-order valence-electron chi connectivity index (χ2n) is 4.12. The Balaban J connectivity index is 2.33. The molecule has 1 rings (SSSR count). The number of carbonyl (C=O) groups excluding carboxylic acids is 1. The molecule has 1 heterocycles. The van der Waals surface area contributed by atoms with E-state index in [1.807, 2.05) is 13.8 Å². The summed E-state index contributed by atoms with van der Waals surface area (Å²) >= 11 is 0. The van der Waals surface area contributed by atoms with Gasteiger partial charge in [0.25, 0.3) is 0 Å². The van der Waals surface area contributed by atoms with Gasteiger partial charge >= 0.3 is 12.0 Å². The lowest BCUT2D eigenvalue weighted by atomic mass is 10.1. The highest BCUT2D eigenvalue weighted by atomic mass is 16.7. The molecule has 7 nitrogen and oxygen atoms in total. The number of nitrogens with one attached hydrogen (secondary N) is 1. The maximum atomic E-state index is 11.5. The van der Waals surface area contributed by atoms with Crippen LogP contribution in [0.4, 0.5) is 4.79 Å². The summed E-state index contributed by atoms with van der Waals surface area (Å²) in [6.45, 7) is 4.56. The van der Waals surface area contributed by atoms with Crippen LogP contribution in [0.2, 0.25) is 0 Å². The molecular formula is C9H16N2O5. The Kier molecular flexibility index (Phi) is 4.08. The third-order valence-corrected chi connectivity index (χ3v) is 2.07. The summed E-state index contributed by atoms with van der Waals surface area (Å²) < 4.78 is 5.43. The van der Waals surface area contributed by atoms with Crippen LogP contribution in [-0.4, -0.2) is 53.9 Å². The van der Waals surface area contributed by atoms with E-state index < -0.39 is 18.6 Å². The molecule has 7 heteroatoms. The third-order valence-electron chi connectivity index (χ3n) is 2.07. The van der Waals surface area contributed by atoms with Crippen molar-refractivity contribution in [2.45, 2.75) is 19.4 Å². The Morgan fingerprint density at radius 3 is 2.81 bits per heavy atom. The molecule has 0 spiro atoms. The zero-order valence-corrected chi connectivity index (χ0v) is 9.36. The van der Waals surface area contributed by atoms with Gasteiger partial charge in [-0.15, -0.1) is 0 Å². The molecule has 16 heavy (non-hydrogen) atoms. The van der Waals surface area contributed by atoms with E-state index in [1.165, 1.54) is 4.90 Å². The van der Waals surface area contributed by atoms with Gasteiger partial charge in [-0.25, -0.2) is 15.1 Å². The molecule has 2 amide bonds. The van der Waals surface area contributed by atoms with Crippen LogP contribution in [0.1, 0.15) is 13.8 Å². The average Bonchev–Trinajstić information content (AvgIpc) is 2.15. The van der Waals surface area contributed by atoms with Crippen molar-refractivity contribution in [2.75, 3.05) is 26.3 Å². The molecule has 1 fully saturated rings. The number of morpholine rings is 1. The topological polar surface area (TPSA) is 88.1 Å². The van der Waals surface area contributed by atoms with Gasteiger partial charge in [0.15, 0.2) is 6.61 Å². The van der Waals surface area contributed by atoms with Crippen molar-refractivity contribution in [3.05, 3.63) is 0 Å². The minimum absolute atomic E-state index is 0.387. The lowest BCUT2D eigenvalue weighted by molar-refractivity contribution is -0.144. The smallest absolute Gasteiger partial charge is 0.341 e. The molecule has 0 atom stereocenters. The lowest BCUT2D eigenvalue weighted by Crippen LogP contribution is -2.53. The van der Waals surface area contributed by atoms with Crippen molar-refractivity contribution in [3.8, 4) is 0 Å². The Bertz CT molecular complexity index is 279. The molecule has 0 saturated carbocycles. The monoisotopic (exact) mass is 232 g/mol. The Morgan fingerprint density at radius 1 is 1.56 bits per heavy atom. The Hall–Kier alpha value is -1.34. The normalized spacial score (nSPS) is 19.2. The van der Waals surface area contributed by atoms with Crippen molar-refractivity contribution < 1.29 is 24.3 Å². The van der Waals surface area contributed by atoms with Crippen molar-refractivity contribution in [3.63, 3.8) is 0 Å². The summed E-state index contributed by atoms with van der Waals surface area (Å²) in [6.07, 6.45) is 0. The molecule has 2 N–H and O–H groups in total. The van der Waals surface area contributed by atoms with Gasteiger partial charge in [0.1, 0.15) is 0 Å². The van der Waals surface area contributed by atoms with Gasteiger partial charge in [-0.1, -0.05) is 0 Å². The van der Waals surface area contributed by atoms with Crippen molar-refractivity contribution >= 4 is 12.0 Å². The average molecular weight is 232 g/mol. The van der Waals surface area contributed by atoms with Gasteiger partial charge in [0, 0.05) is 6.54 Å². The number of hydrogen-bond acceptors (Lipinski definition) is 4. The summed E-state index contributed by atoms with van der Waals surface area (Å²) in [7, 11) is 0. The molecule has 1 saturated heterocycles. The van der Waals surface area contributed by atoms with E-state index in [0.717, 1.165) is 0 Å². The fourth-order valence-corrected chi connectivity index (χ4v) is 1.41. The zero-order chi connectivity index (χ0) is 12.2. The number of carbonyl (C=O) groups is 2. The summed E-state index contributed by atoms with van der Waals surface area (Å²) in [5.41, 5.74) is 1.69. The van der Waals surface area contributed by atoms with E-state index in [0.29, 0.717) is 19.7 Å². The summed E-state index contributed by atoms with van der Waals surface area (Å²) in [6, 6.07) is -0.447. The number of hydrogen-bond donors (Lipinski definition) is 2. The first-order valence-electron chi connectivity index (χ1n) is 4.93. The largest absolute Gasteiger partial charge is 0.479 e. The van der Waals surface area contributed by atoms with Crippen molar-refractivity contribution in [1.29, 1.82) is 0 Å². The van der Waals surface area contributed by atoms with Crippen LogP contribution in [0, 0.1) is 0 Å². The first-order chi connectivity index (χ1) is 7.41. The number of aliphatic carboxylic acids is 1. The van der Waals surface area contributed by atoms with Gasteiger partial charge < -0.3 is 14.7 Å². The third kappa shape index (κ3) is 4.03. The van der Waals surface area contributed by atoms with Crippen molar-refractivity contribution in [1.82, 2.24) is 10.4 Å². The van der Waals surface area contributed by atoms with Crippen LogP contribution < -0.4 is 5.48 Å². The number of urea groups is 1. The number of amides is 2. The van der Waals surface area contributed by atoms with Crippen LogP contribution in [0.5, 0.6) is 0 Å². The van der Waals surface area contributed by atoms with Gasteiger partial charge in [0.05, 0.1) is 18.8 Å². The van der Waals surface area contributed by atoms with Crippen LogP contribution in [0.3, 0.4) is 0 Å². The molecule has 0 aromatic heterocycles. The number of nitrogens with zero attached hydrogens (tertiary/aromatic N) is 1. The highest BCUT2D eigenvalue weighted by molar-refractivity contribution is 5.74. The van der Waals surface area contributed by atoms with Crippen LogP contribution >= 0.6 is 0 Å². The predicted molar refractivity (Wildman–Crippen MR) is 53.7 cm³/mol. The van der Waals surface area contributed by atoms with Gasteiger partial charge in [-0.3, -0.25) is 4.84 Å². The molecule has 0 radical (unpaired) electrons. The predicted octanol–water partition coefficient (Wildman–Crippen LogP) is -0.177. The number of hydroxylamine groups is 1. The number of ether oxygens (including phenoxy) is 1. The second-order valence-corrected chi connectivity index (χ2v) is 4.12. The molecule has 1 aliphatic heterocycles. The molecule has 0 unspecified atom stereocenters. The molecule has 0 aromatic rings. The molecule has 1 aliphatic rings. The minimum Gasteiger partial charge on any atom is -0.479 e. The Labute approximate surface area is 93.3 Å². The second kappa shape index (κ2) is 5.13. The first kappa shape index (κ1) is 12.7. The number of carboxylic acids is 1. The molecule has 0 aliphatic carbocycles. The number of carboxylic acid groups (broad SMARTS) is 1. The summed E-state index contributed by atoms with van der Waals surface area (Å²) in [4.78, 5) is 27.7. The van der Waals surface area contributed by atoms with Crippen LogP contribution in [-0.2, 0) is 14.4 Å². The van der Waals surface area contributed by atoms with E-state index in [-0.39, 0.29) is 5.60 Å². The van der Waals surface area contributed by atoms with Gasteiger partial charge in [0.2, 0.25) is 0 Å². The van der Waals surface area contributed by atoms with E-state index >= 15 is 0 Å². The molecule has 0 bridgehead atoms. The zero-order valence-electron chi connectivity index (χ0n) is 9.36.